The van der Waals surface area contributed by atoms with Gasteiger partial charge in [-0.1, -0.05) is 22.4 Å². The standard InChI is InChI=1S/C12H22BrN/c1-9(7-13)14(2)8-12-6-10-3-4-11(12)5-10/h9-12H,3-8H2,1-2H3. The predicted molar refractivity (Wildman–Crippen MR) is 64.8 cm³/mol. The molecule has 0 aliphatic heterocycles. The average Bonchev–Trinajstić information content (AvgIpc) is 2.77. The molecule has 0 amide bonds. The van der Waals surface area contributed by atoms with Crippen molar-refractivity contribution in [1.82, 2.24) is 4.90 Å². The molecule has 0 aromatic heterocycles. The maximum absolute atomic E-state index is 3.56. The van der Waals surface area contributed by atoms with Crippen LogP contribution in [0.3, 0.4) is 0 Å². The van der Waals surface area contributed by atoms with Crippen LogP contribution in [0.1, 0.15) is 32.6 Å². The van der Waals surface area contributed by atoms with Gasteiger partial charge in [-0.15, -0.1) is 0 Å². The second-order valence-corrected chi connectivity index (χ2v) is 6.03. The predicted octanol–water partition coefficient (Wildman–Crippen LogP) is 3.14. The minimum atomic E-state index is 0.689. The van der Waals surface area contributed by atoms with Crippen molar-refractivity contribution < 1.29 is 0 Å². The Morgan fingerprint density at radius 1 is 1.36 bits per heavy atom. The van der Waals surface area contributed by atoms with Crippen LogP contribution in [0.2, 0.25) is 0 Å². The minimum Gasteiger partial charge on any atom is -0.303 e. The highest BCUT2D eigenvalue weighted by molar-refractivity contribution is 9.09. The maximum Gasteiger partial charge on any atom is 0.0185 e. The number of fused-ring (bicyclic) bond motifs is 2. The van der Waals surface area contributed by atoms with Crippen molar-refractivity contribution in [2.45, 2.75) is 38.6 Å². The summed E-state index contributed by atoms with van der Waals surface area (Å²) >= 11 is 3.56. The van der Waals surface area contributed by atoms with E-state index in [1.165, 1.54) is 25.8 Å². The molecule has 0 aromatic rings. The van der Waals surface area contributed by atoms with Crippen LogP contribution in [0.4, 0.5) is 0 Å². The summed E-state index contributed by atoms with van der Waals surface area (Å²) in [5.41, 5.74) is 0. The third kappa shape index (κ3) is 2.16. The highest BCUT2D eigenvalue weighted by Crippen LogP contribution is 2.48. The van der Waals surface area contributed by atoms with Crippen LogP contribution < -0.4 is 0 Å². The minimum absolute atomic E-state index is 0.689. The van der Waals surface area contributed by atoms with Crippen LogP contribution in [-0.2, 0) is 0 Å². The normalized spacial score (nSPS) is 38.1. The summed E-state index contributed by atoms with van der Waals surface area (Å²) in [6.45, 7) is 3.63. The third-order valence-electron chi connectivity index (χ3n) is 4.38. The Morgan fingerprint density at radius 3 is 2.64 bits per heavy atom. The van der Waals surface area contributed by atoms with Crippen LogP contribution in [0.25, 0.3) is 0 Å². The molecule has 0 aromatic carbocycles. The van der Waals surface area contributed by atoms with Gasteiger partial charge in [-0.3, -0.25) is 0 Å². The van der Waals surface area contributed by atoms with E-state index >= 15 is 0 Å². The van der Waals surface area contributed by atoms with E-state index in [2.05, 4.69) is 34.8 Å². The first kappa shape index (κ1) is 10.9. The van der Waals surface area contributed by atoms with E-state index in [-0.39, 0.29) is 0 Å². The summed E-state index contributed by atoms with van der Waals surface area (Å²) in [7, 11) is 2.28. The lowest BCUT2D eigenvalue weighted by Gasteiger charge is -2.30. The highest BCUT2D eigenvalue weighted by atomic mass is 79.9. The molecule has 14 heavy (non-hydrogen) atoms. The number of alkyl halides is 1. The van der Waals surface area contributed by atoms with E-state index in [0.717, 1.165) is 23.1 Å². The molecule has 2 fully saturated rings. The van der Waals surface area contributed by atoms with Gasteiger partial charge in [-0.2, -0.15) is 0 Å². The van der Waals surface area contributed by atoms with Gasteiger partial charge in [0.1, 0.15) is 0 Å². The molecule has 0 spiro atoms. The first-order valence-corrected chi connectivity index (χ1v) is 7.09. The molecule has 0 radical (unpaired) electrons. The monoisotopic (exact) mass is 259 g/mol. The van der Waals surface area contributed by atoms with Gasteiger partial charge in [0.05, 0.1) is 0 Å². The summed E-state index contributed by atoms with van der Waals surface area (Å²) < 4.78 is 0. The second kappa shape index (κ2) is 4.52. The first-order chi connectivity index (χ1) is 6.70. The molecule has 4 atom stereocenters. The largest absolute Gasteiger partial charge is 0.303 e. The molecule has 2 aliphatic carbocycles. The van der Waals surface area contributed by atoms with Crippen LogP contribution >= 0.6 is 15.9 Å². The zero-order chi connectivity index (χ0) is 10.1. The Kier molecular flexibility index (Phi) is 3.54. The fourth-order valence-corrected chi connectivity index (χ4v) is 3.76. The van der Waals surface area contributed by atoms with Crippen molar-refractivity contribution in [3.05, 3.63) is 0 Å². The Morgan fingerprint density at radius 2 is 2.14 bits per heavy atom. The molecule has 4 unspecified atom stereocenters. The first-order valence-electron chi connectivity index (χ1n) is 5.97. The number of halogens is 1. The Bertz CT molecular complexity index is 195. The van der Waals surface area contributed by atoms with Gasteiger partial charge >= 0.3 is 0 Å². The Hall–Kier alpha value is 0.440. The second-order valence-electron chi connectivity index (χ2n) is 5.38. The van der Waals surface area contributed by atoms with Crippen molar-refractivity contribution >= 4 is 15.9 Å². The zero-order valence-electron chi connectivity index (χ0n) is 9.38. The van der Waals surface area contributed by atoms with E-state index in [1.807, 2.05) is 0 Å². The smallest absolute Gasteiger partial charge is 0.0185 e. The number of rotatable bonds is 4. The molecule has 0 saturated heterocycles. The zero-order valence-corrected chi connectivity index (χ0v) is 11.0. The average molecular weight is 260 g/mol. The quantitative estimate of drug-likeness (QED) is 0.702. The van der Waals surface area contributed by atoms with Gasteiger partial charge in [0, 0.05) is 17.9 Å². The third-order valence-corrected chi connectivity index (χ3v) is 5.32. The summed E-state index contributed by atoms with van der Waals surface area (Å²) in [6, 6.07) is 0.689. The Labute approximate surface area is 96.4 Å². The summed E-state index contributed by atoms with van der Waals surface area (Å²) in [5, 5.41) is 1.10. The van der Waals surface area contributed by atoms with Gasteiger partial charge in [0.2, 0.25) is 0 Å². The van der Waals surface area contributed by atoms with Crippen molar-refractivity contribution in [3.63, 3.8) is 0 Å². The molecular weight excluding hydrogens is 238 g/mol. The van der Waals surface area contributed by atoms with Crippen LogP contribution in [0.15, 0.2) is 0 Å². The molecule has 2 bridgehead atoms. The molecule has 2 saturated carbocycles. The molecule has 1 nitrogen and oxygen atoms in total. The van der Waals surface area contributed by atoms with Crippen LogP contribution in [-0.4, -0.2) is 29.9 Å². The fourth-order valence-electron chi connectivity index (χ4n) is 3.27. The van der Waals surface area contributed by atoms with Crippen molar-refractivity contribution in [2.75, 3.05) is 18.9 Å². The maximum atomic E-state index is 3.56. The number of hydrogen-bond acceptors (Lipinski definition) is 1. The molecule has 2 rings (SSSR count). The molecule has 0 N–H and O–H groups in total. The summed E-state index contributed by atoms with van der Waals surface area (Å²) in [5.74, 6) is 3.18. The van der Waals surface area contributed by atoms with Crippen molar-refractivity contribution in [3.8, 4) is 0 Å². The molecule has 2 heteroatoms. The number of hydrogen-bond donors (Lipinski definition) is 0. The topological polar surface area (TPSA) is 3.24 Å². The van der Waals surface area contributed by atoms with Gasteiger partial charge < -0.3 is 4.90 Å². The van der Waals surface area contributed by atoms with E-state index in [4.69, 9.17) is 0 Å². The SMILES string of the molecule is CC(CBr)N(C)CC1CC2CCC1C2. The van der Waals surface area contributed by atoms with E-state index in [1.54, 1.807) is 6.42 Å². The van der Waals surface area contributed by atoms with Gasteiger partial charge in [0.25, 0.3) is 0 Å². The van der Waals surface area contributed by atoms with Crippen LogP contribution in [0, 0.1) is 17.8 Å². The van der Waals surface area contributed by atoms with Gasteiger partial charge in [0.15, 0.2) is 0 Å². The molecular formula is C12H22BrN. The Balaban J connectivity index is 1.80. The van der Waals surface area contributed by atoms with Gasteiger partial charge in [-0.25, -0.2) is 0 Å². The number of nitrogens with zero attached hydrogens (tertiary/aromatic N) is 1. The van der Waals surface area contributed by atoms with Crippen molar-refractivity contribution in [2.24, 2.45) is 17.8 Å². The van der Waals surface area contributed by atoms with E-state index < -0.39 is 0 Å². The molecule has 0 heterocycles. The van der Waals surface area contributed by atoms with Crippen LogP contribution in [0.5, 0.6) is 0 Å². The lowest BCUT2D eigenvalue weighted by molar-refractivity contribution is 0.192. The summed E-state index contributed by atoms with van der Waals surface area (Å²) in [6.07, 6.45) is 6.11. The molecule has 2 aliphatic rings. The highest BCUT2D eigenvalue weighted by Gasteiger charge is 2.39. The lowest BCUT2D eigenvalue weighted by Crippen LogP contribution is -2.36. The van der Waals surface area contributed by atoms with Gasteiger partial charge in [-0.05, 0) is 51.0 Å². The van der Waals surface area contributed by atoms with Crippen molar-refractivity contribution in [1.29, 1.82) is 0 Å². The summed E-state index contributed by atoms with van der Waals surface area (Å²) in [4.78, 5) is 2.53. The van der Waals surface area contributed by atoms with E-state index in [9.17, 15) is 0 Å². The molecule has 82 valence electrons. The fraction of sp³-hybridized carbons (Fsp3) is 1.00. The lowest BCUT2D eigenvalue weighted by atomic mass is 9.88. The van der Waals surface area contributed by atoms with E-state index in [0.29, 0.717) is 6.04 Å².